The lowest BCUT2D eigenvalue weighted by molar-refractivity contribution is 0.350. The Bertz CT molecular complexity index is 360. The quantitative estimate of drug-likeness (QED) is 0.777. The molecular formula is C13H19N3S. The molecule has 0 radical (unpaired) electrons. The fourth-order valence-corrected chi connectivity index (χ4v) is 2.33. The first kappa shape index (κ1) is 12.3. The van der Waals surface area contributed by atoms with Crippen molar-refractivity contribution in [1.82, 2.24) is 15.5 Å². The average Bonchev–Trinajstić information content (AvgIpc) is 2.40. The zero-order valence-corrected chi connectivity index (χ0v) is 11.0. The van der Waals surface area contributed by atoms with Gasteiger partial charge in [0, 0.05) is 26.2 Å². The zero-order valence-electron chi connectivity index (χ0n) is 10.1. The van der Waals surface area contributed by atoms with E-state index in [9.17, 15) is 0 Å². The van der Waals surface area contributed by atoms with Crippen LogP contribution < -0.4 is 10.6 Å². The molecule has 1 aliphatic rings. The Kier molecular flexibility index (Phi) is 4.34. The summed E-state index contributed by atoms with van der Waals surface area (Å²) >= 11 is 5.44. The van der Waals surface area contributed by atoms with Crippen molar-refractivity contribution in [2.24, 2.45) is 0 Å². The summed E-state index contributed by atoms with van der Waals surface area (Å²) in [4.78, 5) is 2.23. The van der Waals surface area contributed by atoms with E-state index in [-0.39, 0.29) is 6.04 Å². The van der Waals surface area contributed by atoms with Crippen LogP contribution in [0.3, 0.4) is 0 Å². The van der Waals surface area contributed by atoms with E-state index in [4.69, 9.17) is 12.2 Å². The minimum absolute atomic E-state index is 0.263. The summed E-state index contributed by atoms with van der Waals surface area (Å²) in [7, 11) is 0. The van der Waals surface area contributed by atoms with Gasteiger partial charge in [-0.15, -0.1) is 0 Å². The Balaban J connectivity index is 1.89. The third-order valence-corrected chi connectivity index (χ3v) is 3.42. The molecule has 0 saturated carbocycles. The summed E-state index contributed by atoms with van der Waals surface area (Å²) in [6, 6.07) is 10.7. The Morgan fingerprint density at radius 2 is 1.94 bits per heavy atom. The highest BCUT2D eigenvalue weighted by Gasteiger charge is 2.14. The predicted octanol–water partition coefficient (Wildman–Crippen LogP) is 1.53. The molecule has 3 nitrogen and oxygen atoms in total. The predicted molar refractivity (Wildman–Crippen MR) is 75.0 cm³/mol. The van der Waals surface area contributed by atoms with Crippen molar-refractivity contribution in [3.8, 4) is 0 Å². The molecule has 0 bridgehead atoms. The molecule has 2 N–H and O–H groups in total. The largest absolute Gasteiger partial charge is 0.356 e. The van der Waals surface area contributed by atoms with Gasteiger partial charge in [-0.25, -0.2) is 0 Å². The lowest BCUT2D eigenvalue weighted by atomic mass is 10.1. The molecule has 1 aromatic rings. The molecule has 1 saturated heterocycles. The Hall–Kier alpha value is -1.13. The van der Waals surface area contributed by atoms with E-state index < -0.39 is 0 Å². The number of hydrogen-bond acceptors (Lipinski definition) is 2. The fourth-order valence-electron chi connectivity index (χ4n) is 1.97. The molecule has 4 heteroatoms. The van der Waals surface area contributed by atoms with E-state index in [1.165, 1.54) is 5.56 Å². The second kappa shape index (κ2) is 5.98. The molecule has 1 atom stereocenters. The molecule has 1 heterocycles. The van der Waals surface area contributed by atoms with Crippen LogP contribution in [0.5, 0.6) is 0 Å². The van der Waals surface area contributed by atoms with Gasteiger partial charge in [0.15, 0.2) is 5.11 Å². The highest BCUT2D eigenvalue weighted by Crippen LogP contribution is 2.11. The normalized spacial score (nSPS) is 17.6. The molecule has 0 aromatic heterocycles. The van der Waals surface area contributed by atoms with Gasteiger partial charge in [0.05, 0.1) is 6.04 Å². The molecule has 1 aromatic carbocycles. The van der Waals surface area contributed by atoms with E-state index in [1.54, 1.807) is 0 Å². The van der Waals surface area contributed by atoms with Crippen molar-refractivity contribution < 1.29 is 0 Å². The molecule has 92 valence electrons. The Morgan fingerprint density at radius 3 is 2.59 bits per heavy atom. The van der Waals surface area contributed by atoms with E-state index >= 15 is 0 Å². The average molecular weight is 249 g/mol. The van der Waals surface area contributed by atoms with Crippen LogP contribution in [-0.2, 0) is 0 Å². The smallest absolute Gasteiger partial charge is 0.169 e. The Morgan fingerprint density at radius 1 is 1.29 bits per heavy atom. The molecule has 0 spiro atoms. The monoisotopic (exact) mass is 249 g/mol. The molecule has 1 fully saturated rings. The second-order valence-corrected chi connectivity index (χ2v) is 4.71. The maximum absolute atomic E-state index is 5.44. The van der Waals surface area contributed by atoms with E-state index in [0.29, 0.717) is 0 Å². The van der Waals surface area contributed by atoms with Crippen molar-refractivity contribution in [2.45, 2.75) is 13.0 Å². The van der Waals surface area contributed by atoms with E-state index in [1.807, 2.05) is 6.07 Å². The molecule has 2 rings (SSSR count). The van der Waals surface area contributed by atoms with Crippen molar-refractivity contribution in [1.29, 1.82) is 0 Å². The minimum atomic E-state index is 0.263. The van der Waals surface area contributed by atoms with Crippen molar-refractivity contribution in [2.75, 3.05) is 26.2 Å². The first-order chi connectivity index (χ1) is 8.27. The van der Waals surface area contributed by atoms with Crippen molar-refractivity contribution >= 4 is 17.3 Å². The summed E-state index contributed by atoms with van der Waals surface area (Å²) in [6.45, 7) is 6.16. The SMILES string of the molecule is CC(NC(=S)N1CCNCC1)c1ccccc1. The van der Waals surface area contributed by atoms with Gasteiger partial charge in [-0.1, -0.05) is 30.3 Å². The third-order valence-electron chi connectivity index (χ3n) is 3.04. The number of piperazine rings is 1. The molecule has 0 amide bonds. The van der Waals surface area contributed by atoms with Gasteiger partial charge in [-0.2, -0.15) is 0 Å². The second-order valence-electron chi connectivity index (χ2n) is 4.32. The maximum Gasteiger partial charge on any atom is 0.169 e. The van der Waals surface area contributed by atoms with Crippen LogP contribution in [0.4, 0.5) is 0 Å². The van der Waals surface area contributed by atoms with E-state index in [2.05, 4.69) is 46.7 Å². The van der Waals surface area contributed by atoms with Gasteiger partial charge in [0.25, 0.3) is 0 Å². The van der Waals surface area contributed by atoms with Gasteiger partial charge in [-0.05, 0) is 24.7 Å². The topological polar surface area (TPSA) is 27.3 Å². The Labute approximate surface area is 108 Å². The molecule has 17 heavy (non-hydrogen) atoms. The van der Waals surface area contributed by atoms with Gasteiger partial charge < -0.3 is 15.5 Å². The van der Waals surface area contributed by atoms with Crippen molar-refractivity contribution in [3.05, 3.63) is 35.9 Å². The fraction of sp³-hybridized carbons (Fsp3) is 0.462. The number of rotatable bonds is 2. The highest BCUT2D eigenvalue weighted by atomic mass is 32.1. The molecule has 1 aliphatic heterocycles. The number of nitrogens with zero attached hydrogens (tertiary/aromatic N) is 1. The summed E-state index contributed by atoms with van der Waals surface area (Å²) in [5.74, 6) is 0. The van der Waals surface area contributed by atoms with Gasteiger partial charge in [0.1, 0.15) is 0 Å². The lowest BCUT2D eigenvalue weighted by Crippen LogP contribution is -2.50. The van der Waals surface area contributed by atoms with Gasteiger partial charge in [0.2, 0.25) is 0 Å². The summed E-state index contributed by atoms with van der Waals surface area (Å²) in [6.07, 6.45) is 0. The van der Waals surface area contributed by atoms with Crippen LogP contribution in [0.25, 0.3) is 0 Å². The van der Waals surface area contributed by atoms with Crippen LogP contribution >= 0.6 is 12.2 Å². The first-order valence-electron chi connectivity index (χ1n) is 6.08. The molecule has 1 unspecified atom stereocenters. The zero-order chi connectivity index (χ0) is 12.1. The van der Waals surface area contributed by atoms with Crippen LogP contribution in [0.2, 0.25) is 0 Å². The summed E-state index contributed by atoms with van der Waals surface area (Å²) < 4.78 is 0. The summed E-state index contributed by atoms with van der Waals surface area (Å²) in [5, 5.41) is 7.58. The van der Waals surface area contributed by atoms with E-state index in [0.717, 1.165) is 31.3 Å². The van der Waals surface area contributed by atoms with Crippen LogP contribution in [0.1, 0.15) is 18.5 Å². The van der Waals surface area contributed by atoms with Gasteiger partial charge in [-0.3, -0.25) is 0 Å². The number of hydrogen-bond donors (Lipinski definition) is 2. The maximum atomic E-state index is 5.44. The number of nitrogens with one attached hydrogen (secondary N) is 2. The standard InChI is InChI=1S/C13H19N3S/c1-11(12-5-3-2-4-6-12)15-13(17)16-9-7-14-8-10-16/h2-6,11,14H,7-10H2,1H3,(H,15,17). The number of thiocarbonyl (C=S) groups is 1. The highest BCUT2D eigenvalue weighted by molar-refractivity contribution is 7.80. The third kappa shape index (κ3) is 3.41. The first-order valence-corrected chi connectivity index (χ1v) is 6.49. The van der Waals surface area contributed by atoms with Gasteiger partial charge >= 0.3 is 0 Å². The minimum Gasteiger partial charge on any atom is -0.356 e. The molecule has 0 aliphatic carbocycles. The van der Waals surface area contributed by atoms with Crippen LogP contribution in [-0.4, -0.2) is 36.2 Å². The summed E-state index contributed by atoms with van der Waals surface area (Å²) in [5.41, 5.74) is 1.27. The van der Waals surface area contributed by atoms with Crippen LogP contribution in [0.15, 0.2) is 30.3 Å². The van der Waals surface area contributed by atoms with Crippen LogP contribution in [0, 0.1) is 0 Å². The molecular weight excluding hydrogens is 230 g/mol. The van der Waals surface area contributed by atoms with Crippen molar-refractivity contribution in [3.63, 3.8) is 0 Å². The lowest BCUT2D eigenvalue weighted by Gasteiger charge is -2.31. The number of benzene rings is 1.